The maximum absolute atomic E-state index is 12.5. The van der Waals surface area contributed by atoms with Crippen molar-refractivity contribution >= 4 is 12.1 Å². The third kappa shape index (κ3) is 7.84. The Morgan fingerprint density at radius 2 is 1.81 bits per heavy atom. The minimum absolute atomic E-state index is 0.000620. The fraction of sp³-hybridized carbons (Fsp3) is 0.393. The molecular formula is C28H35N3O5. The highest BCUT2D eigenvalue weighted by atomic mass is 16.5. The summed E-state index contributed by atoms with van der Waals surface area (Å²) in [4.78, 5) is 30.1. The molecule has 1 heterocycles. The van der Waals surface area contributed by atoms with Gasteiger partial charge in [-0.3, -0.25) is 19.8 Å². The van der Waals surface area contributed by atoms with Crippen molar-refractivity contribution in [2.24, 2.45) is 0 Å². The van der Waals surface area contributed by atoms with Crippen molar-refractivity contribution in [3.63, 3.8) is 0 Å². The van der Waals surface area contributed by atoms with E-state index in [2.05, 4.69) is 10.3 Å². The van der Waals surface area contributed by atoms with E-state index < -0.39 is 11.3 Å². The van der Waals surface area contributed by atoms with Gasteiger partial charge in [-0.2, -0.15) is 0 Å². The zero-order valence-corrected chi connectivity index (χ0v) is 21.6. The molecule has 192 valence electrons. The van der Waals surface area contributed by atoms with E-state index in [0.717, 1.165) is 23.0 Å². The van der Waals surface area contributed by atoms with E-state index in [-0.39, 0.29) is 18.9 Å². The molecular weight excluding hydrogens is 458 g/mol. The maximum Gasteiger partial charge on any atom is 0.208 e. The lowest BCUT2D eigenvalue weighted by Gasteiger charge is -2.32. The second kappa shape index (κ2) is 11.6. The minimum Gasteiger partial charge on any atom is -0.480 e. The Morgan fingerprint density at radius 3 is 2.39 bits per heavy atom. The zero-order chi connectivity index (χ0) is 26.3. The molecule has 0 fully saturated rings. The van der Waals surface area contributed by atoms with Crippen LogP contribution in [-0.4, -0.2) is 51.5 Å². The average molecular weight is 494 g/mol. The molecule has 1 aromatic heterocycles. The van der Waals surface area contributed by atoms with Crippen LogP contribution in [0, 0.1) is 13.8 Å². The first-order valence-electron chi connectivity index (χ1n) is 11.9. The first-order chi connectivity index (χ1) is 17.0. The molecule has 8 nitrogen and oxygen atoms in total. The van der Waals surface area contributed by atoms with Crippen LogP contribution in [0.1, 0.15) is 53.7 Å². The molecule has 1 atom stereocenters. The summed E-state index contributed by atoms with van der Waals surface area (Å²) in [6.07, 6.45) is 3.88. The van der Waals surface area contributed by atoms with E-state index in [1.54, 1.807) is 39.1 Å². The monoisotopic (exact) mass is 493 g/mol. The third-order valence-corrected chi connectivity index (χ3v) is 5.67. The van der Waals surface area contributed by atoms with E-state index in [1.807, 2.05) is 49.1 Å². The molecule has 3 rings (SSSR count). The first-order valence-corrected chi connectivity index (χ1v) is 11.9. The molecule has 36 heavy (non-hydrogen) atoms. The number of benzene rings is 2. The number of aryl methyl sites for hydroxylation is 2. The summed E-state index contributed by atoms with van der Waals surface area (Å²) in [6, 6.07) is 13.0. The molecule has 0 amide bonds. The molecule has 0 aliphatic heterocycles. The Labute approximate surface area is 212 Å². The highest BCUT2D eigenvalue weighted by Crippen LogP contribution is 2.29. The number of oxazole rings is 1. The van der Waals surface area contributed by atoms with E-state index in [4.69, 9.17) is 9.15 Å². The highest BCUT2D eigenvalue weighted by molar-refractivity contribution is 5.97. The largest absolute Gasteiger partial charge is 0.480 e. The second-order valence-corrected chi connectivity index (χ2v) is 9.87. The van der Waals surface area contributed by atoms with E-state index in [1.165, 1.54) is 6.26 Å². The summed E-state index contributed by atoms with van der Waals surface area (Å²) in [5.41, 5.74) is 1.14. The van der Waals surface area contributed by atoms with Gasteiger partial charge >= 0.3 is 0 Å². The summed E-state index contributed by atoms with van der Waals surface area (Å²) in [6.45, 7) is 10.0. The summed E-state index contributed by atoms with van der Waals surface area (Å²) in [5.74, 6) is 1.10. The summed E-state index contributed by atoms with van der Waals surface area (Å²) in [5, 5.41) is 14.1. The number of ketones is 1. The topological polar surface area (TPSA) is 105 Å². The Hall–Kier alpha value is -3.33. The molecule has 2 aromatic carbocycles. The Balaban J connectivity index is 1.74. The fourth-order valence-electron chi connectivity index (χ4n) is 4.02. The van der Waals surface area contributed by atoms with Crippen LogP contribution in [0.25, 0.3) is 0 Å². The molecule has 0 aliphatic rings. The first kappa shape index (κ1) is 27.3. The lowest BCUT2D eigenvalue weighted by atomic mass is 10.0. The van der Waals surface area contributed by atoms with Crippen LogP contribution >= 0.6 is 0 Å². The van der Waals surface area contributed by atoms with Gasteiger partial charge in [0.15, 0.2) is 17.7 Å². The number of nitrogens with zero attached hydrogens (tertiary/aromatic N) is 2. The standard InChI is InChI=1S/C28H35N3O5/c1-20-13-22(14-21(2)26(20)36-27(3,4)19-32)16-31(17-25-29-11-12-35-25)18-28(5,34)30-15-24(33)23-9-7-6-8-10-23/h6-14,19,30,34H,15-18H2,1-5H3. The summed E-state index contributed by atoms with van der Waals surface area (Å²) >= 11 is 0. The smallest absolute Gasteiger partial charge is 0.208 e. The lowest BCUT2D eigenvalue weighted by molar-refractivity contribution is -0.119. The normalized spacial score (nSPS) is 13.4. The molecule has 3 aromatic rings. The lowest BCUT2D eigenvalue weighted by Crippen LogP contribution is -2.52. The van der Waals surface area contributed by atoms with Crippen molar-refractivity contribution in [1.29, 1.82) is 0 Å². The van der Waals surface area contributed by atoms with Crippen LogP contribution in [0.3, 0.4) is 0 Å². The van der Waals surface area contributed by atoms with Gasteiger partial charge in [0.2, 0.25) is 5.89 Å². The minimum atomic E-state index is -1.35. The van der Waals surface area contributed by atoms with E-state index >= 15 is 0 Å². The molecule has 0 aliphatic carbocycles. The van der Waals surface area contributed by atoms with Gasteiger partial charge < -0.3 is 14.3 Å². The van der Waals surface area contributed by atoms with Crippen molar-refractivity contribution in [3.8, 4) is 5.75 Å². The molecule has 0 radical (unpaired) electrons. The third-order valence-electron chi connectivity index (χ3n) is 5.67. The van der Waals surface area contributed by atoms with Crippen LogP contribution in [0.4, 0.5) is 0 Å². The van der Waals surface area contributed by atoms with Crippen LogP contribution in [0.15, 0.2) is 59.3 Å². The molecule has 0 saturated carbocycles. The van der Waals surface area contributed by atoms with Crippen molar-refractivity contribution < 1.29 is 23.8 Å². The number of nitrogens with one attached hydrogen (secondary N) is 1. The van der Waals surface area contributed by atoms with E-state index in [0.29, 0.717) is 30.3 Å². The molecule has 0 spiro atoms. The van der Waals surface area contributed by atoms with Crippen LogP contribution in [-0.2, 0) is 17.9 Å². The van der Waals surface area contributed by atoms with E-state index in [9.17, 15) is 14.7 Å². The van der Waals surface area contributed by atoms with Gasteiger partial charge in [0.1, 0.15) is 17.7 Å². The zero-order valence-electron chi connectivity index (χ0n) is 21.6. The number of aldehydes is 1. The fourth-order valence-corrected chi connectivity index (χ4v) is 4.02. The Bertz CT molecular complexity index is 1130. The summed E-state index contributed by atoms with van der Waals surface area (Å²) in [7, 11) is 0. The maximum atomic E-state index is 12.5. The number of ether oxygens (including phenoxy) is 1. The van der Waals surface area contributed by atoms with Gasteiger partial charge in [-0.1, -0.05) is 42.5 Å². The van der Waals surface area contributed by atoms with Gasteiger partial charge in [-0.05, 0) is 51.3 Å². The number of hydrogen-bond acceptors (Lipinski definition) is 8. The Morgan fingerprint density at radius 1 is 1.14 bits per heavy atom. The van der Waals surface area contributed by atoms with Gasteiger partial charge in [0.05, 0.1) is 19.3 Å². The molecule has 8 heteroatoms. The van der Waals surface area contributed by atoms with Gasteiger partial charge in [0, 0.05) is 18.7 Å². The highest BCUT2D eigenvalue weighted by Gasteiger charge is 2.26. The number of hydrogen-bond donors (Lipinski definition) is 2. The Kier molecular flexibility index (Phi) is 8.79. The number of aliphatic hydroxyl groups is 1. The van der Waals surface area contributed by atoms with Crippen molar-refractivity contribution in [2.75, 3.05) is 13.1 Å². The molecule has 0 bridgehead atoms. The van der Waals surface area contributed by atoms with Gasteiger partial charge in [0.25, 0.3) is 0 Å². The van der Waals surface area contributed by atoms with Crippen LogP contribution in [0.5, 0.6) is 5.75 Å². The summed E-state index contributed by atoms with van der Waals surface area (Å²) < 4.78 is 11.4. The molecule has 0 saturated heterocycles. The SMILES string of the molecule is Cc1cc(CN(Cc2ncco2)CC(C)(O)NCC(=O)c2ccccc2)cc(C)c1OC(C)(C)C=O. The van der Waals surface area contributed by atoms with Crippen molar-refractivity contribution in [1.82, 2.24) is 15.2 Å². The predicted octanol–water partition coefficient (Wildman–Crippen LogP) is 3.83. The van der Waals surface area contributed by atoms with Crippen molar-refractivity contribution in [2.45, 2.75) is 59.0 Å². The number of carbonyl (C=O) groups excluding carboxylic acids is 2. The van der Waals surface area contributed by atoms with Crippen molar-refractivity contribution in [3.05, 3.63) is 83.1 Å². The average Bonchev–Trinajstić information content (AvgIpc) is 3.33. The number of Topliss-reactive ketones (excluding diaryl/α,β-unsaturated/α-hetero) is 1. The number of aromatic nitrogens is 1. The number of carbonyl (C=O) groups is 2. The van der Waals surface area contributed by atoms with Crippen LogP contribution in [0.2, 0.25) is 0 Å². The number of rotatable bonds is 13. The quantitative estimate of drug-likeness (QED) is 0.210. The predicted molar refractivity (Wildman–Crippen MR) is 137 cm³/mol. The molecule has 1 unspecified atom stereocenters. The second-order valence-electron chi connectivity index (χ2n) is 9.87. The van der Waals surface area contributed by atoms with Gasteiger partial charge in [-0.15, -0.1) is 0 Å². The van der Waals surface area contributed by atoms with Crippen LogP contribution < -0.4 is 10.1 Å². The molecule has 2 N–H and O–H groups in total. The van der Waals surface area contributed by atoms with Gasteiger partial charge in [-0.25, -0.2) is 4.98 Å².